The van der Waals surface area contributed by atoms with Gasteiger partial charge in [0.25, 0.3) is 0 Å². The van der Waals surface area contributed by atoms with Crippen molar-refractivity contribution in [2.45, 2.75) is 12.7 Å². The summed E-state index contributed by atoms with van der Waals surface area (Å²) in [6, 6.07) is 2.17. The Balaban J connectivity index is 2.16. The quantitative estimate of drug-likeness (QED) is 0.895. The van der Waals surface area contributed by atoms with E-state index in [-0.39, 0.29) is 18.2 Å². The monoisotopic (exact) mass is 244 g/mol. The molecule has 0 fully saturated rings. The minimum atomic E-state index is -4.45. The average molecular weight is 244 g/mol. The van der Waals surface area contributed by atoms with E-state index in [1.807, 2.05) is 0 Å². The maximum Gasteiger partial charge on any atom is 0.419 e. The van der Waals surface area contributed by atoms with Gasteiger partial charge in [0.05, 0.1) is 12.1 Å². The van der Waals surface area contributed by atoms with Gasteiger partial charge in [-0.25, -0.2) is 4.98 Å². The SMILES string of the molecule is FC(F)(F)c1cccnc1NCc1ncon1. The molecular formula is C9H7F3N4O. The van der Waals surface area contributed by atoms with Gasteiger partial charge < -0.3 is 9.84 Å². The first-order valence-electron chi connectivity index (χ1n) is 4.58. The Labute approximate surface area is 93.7 Å². The zero-order chi connectivity index (χ0) is 12.3. The molecule has 0 aliphatic heterocycles. The molecular weight excluding hydrogens is 237 g/mol. The van der Waals surface area contributed by atoms with Gasteiger partial charge in [-0.05, 0) is 12.1 Å². The number of nitrogens with one attached hydrogen (secondary N) is 1. The maximum atomic E-state index is 12.6. The largest absolute Gasteiger partial charge is 0.419 e. The Morgan fingerprint density at radius 2 is 2.12 bits per heavy atom. The maximum absolute atomic E-state index is 12.6. The fourth-order valence-electron chi connectivity index (χ4n) is 1.21. The van der Waals surface area contributed by atoms with E-state index in [9.17, 15) is 13.2 Å². The number of pyridine rings is 1. The molecule has 2 rings (SSSR count). The first-order valence-corrected chi connectivity index (χ1v) is 4.58. The highest BCUT2D eigenvalue weighted by Crippen LogP contribution is 2.33. The summed E-state index contributed by atoms with van der Waals surface area (Å²) in [6.45, 7) is 0.0105. The van der Waals surface area contributed by atoms with Crippen LogP contribution in [0.2, 0.25) is 0 Å². The van der Waals surface area contributed by atoms with E-state index in [1.165, 1.54) is 12.3 Å². The molecule has 0 saturated carbocycles. The van der Waals surface area contributed by atoms with E-state index >= 15 is 0 Å². The van der Waals surface area contributed by atoms with Crippen molar-refractivity contribution in [1.82, 2.24) is 15.1 Å². The molecule has 0 bridgehead atoms. The summed E-state index contributed by atoms with van der Waals surface area (Å²) >= 11 is 0. The van der Waals surface area contributed by atoms with E-state index in [0.717, 1.165) is 12.5 Å². The summed E-state index contributed by atoms with van der Waals surface area (Å²) in [6.07, 6.45) is -2.08. The molecule has 1 N–H and O–H groups in total. The van der Waals surface area contributed by atoms with Crippen molar-refractivity contribution >= 4 is 5.82 Å². The van der Waals surface area contributed by atoms with Crippen LogP contribution in [0.15, 0.2) is 29.2 Å². The van der Waals surface area contributed by atoms with Gasteiger partial charge in [-0.1, -0.05) is 5.16 Å². The number of nitrogens with zero attached hydrogens (tertiary/aromatic N) is 3. The van der Waals surface area contributed by atoms with Gasteiger partial charge >= 0.3 is 6.18 Å². The third-order valence-electron chi connectivity index (χ3n) is 1.93. The first kappa shape index (κ1) is 11.4. The molecule has 0 unspecified atom stereocenters. The topological polar surface area (TPSA) is 63.8 Å². The summed E-state index contributed by atoms with van der Waals surface area (Å²) in [5.41, 5.74) is -0.830. The van der Waals surface area contributed by atoms with Gasteiger partial charge in [-0.3, -0.25) is 0 Å². The number of alkyl halides is 3. The lowest BCUT2D eigenvalue weighted by Crippen LogP contribution is -2.12. The van der Waals surface area contributed by atoms with Gasteiger partial charge in [-0.2, -0.15) is 18.2 Å². The molecule has 0 spiro atoms. The van der Waals surface area contributed by atoms with Crippen molar-refractivity contribution in [2.75, 3.05) is 5.32 Å². The van der Waals surface area contributed by atoms with Crippen molar-refractivity contribution in [2.24, 2.45) is 0 Å². The smallest absolute Gasteiger partial charge is 0.362 e. The minimum absolute atomic E-state index is 0.0105. The molecule has 0 aromatic carbocycles. The second kappa shape index (κ2) is 4.40. The van der Waals surface area contributed by atoms with E-state index < -0.39 is 11.7 Å². The predicted octanol–water partition coefficient (Wildman–Crippen LogP) is 2.10. The number of aromatic nitrogens is 3. The summed E-state index contributed by atoms with van der Waals surface area (Å²) in [5, 5.41) is 5.97. The van der Waals surface area contributed by atoms with Crippen LogP contribution < -0.4 is 5.32 Å². The second-order valence-electron chi connectivity index (χ2n) is 3.10. The van der Waals surface area contributed by atoms with Crippen molar-refractivity contribution in [3.63, 3.8) is 0 Å². The van der Waals surface area contributed by atoms with Crippen LogP contribution >= 0.6 is 0 Å². The van der Waals surface area contributed by atoms with E-state index in [2.05, 4.69) is 25.0 Å². The predicted molar refractivity (Wildman–Crippen MR) is 50.9 cm³/mol. The molecule has 2 heterocycles. The van der Waals surface area contributed by atoms with Crippen molar-refractivity contribution in [3.8, 4) is 0 Å². The molecule has 2 aromatic heterocycles. The van der Waals surface area contributed by atoms with Gasteiger partial charge in [0.1, 0.15) is 5.82 Å². The standard InChI is InChI=1S/C9H7F3N4O/c10-9(11,12)6-2-1-3-13-8(6)14-4-7-15-5-17-16-7/h1-3,5H,4H2,(H,13,14). The highest BCUT2D eigenvalue weighted by Gasteiger charge is 2.34. The number of rotatable bonds is 3. The van der Waals surface area contributed by atoms with E-state index in [4.69, 9.17) is 0 Å². The molecule has 17 heavy (non-hydrogen) atoms. The van der Waals surface area contributed by atoms with Crippen molar-refractivity contribution < 1.29 is 17.7 Å². The Kier molecular flexibility index (Phi) is 2.94. The van der Waals surface area contributed by atoms with Crippen LogP contribution in [-0.4, -0.2) is 15.1 Å². The van der Waals surface area contributed by atoms with Gasteiger partial charge in [-0.15, -0.1) is 0 Å². The number of halogens is 3. The summed E-state index contributed by atoms with van der Waals surface area (Å²) in [7, 11) is 0. The van der Waals surface area contributed by atoms with Gasteiger partial charge in [0.15, 0.2) is 5.82 Å². The van der Waals surface area contributed by atoms with Crippen LogP contribution in [0.3, 0.4) is 0 Å². The molecule has 0 amide bonds. The van der Waals surface area contributed by atoms with Crippen LogP contribution in [0.1, 0.15) is 11.4 Å². The molecule has 0 atom stereocenters. The van der Waals surface area contributed by atoms with Crippen LogP contribution in [0.4, 0.5) is 19.0 Å². The molecule has 0 saturated heterocycles. The Bertz CT molecular complexity index is 483. The molecule has 2 aromatic rings. The van der Waals surface area contributed by atoms with E-state index in [1.54, 1.807) is 0 Å². The fourth-order valence-corrected chi connectivity index (χ4v) is 1.21. The lowest BCUT2D eigenvalue weighted by Gasteiger charge is -2.11. The summed E-state index contributed by atoms with van der Waals surface area (Å²) < 4.78 is 42.2. The third-order valence-corrected chi connectivity index (χ3v) is 1.93. The fraction of sp³-hybridized carbons (Fsp3) is 0.222. The Morgan fingerprint density at radius 1 is 1.29 bits per heavy atom. The van der Waals surface area contributed by atoms with Crippen LogP contribution in [0, 0.1) is 0 Å². The molecule has 0 radical (unpaired) electrons. The second-order valence-corrected chi connectivity index (χ2v) is 3.10. The molecule has 90 valence electrons. The zero-order valence-corrected chi connectivity index (χ0v) is 8.40. The molecule has 0 aliphatic rings. The minimum Gasteiger partial charge on any atom is -0.362 e. The lowest BCUT2D eigenvalue weighted by atomic mass is 10.2. The highest BCUT2D eigenvalue weighted by atomic mass is 19.4. The van der Waals surface area contributed by atoms with Crippen LogP contribution in [-0.2, 0) is 12.7 Å². The average Bonchev–Trinajstić information content (AvgIpc) is 2.78. The van der Waals surface area contributed by atoms with Gasteiger partial charge in [0, 0.05) is 6.20 Å². The molecule has 0 aliphatic carbocycles. The first-order chi connectivity index (χ1) is 8.07. The highest BCUT2D eigenvalue weighted by molar-refractivity contribution is 5.45. The Hall–Kier alpha value is -2.12. The molecule has 5 nitrogen and oxygen atoms in total. The molecule has 8 heteroatoms. The van der Waals surface area contributed by atoms with Crippen LogP contribution in [0.5, 0.6) is 0 Å². The Morgan fingerprint density at radius 3 is 2.76 bits per heavy atom. The van der Waals surface area contributed by atoms with Crippen molar-refractivity contribution in [1.29, 1.82) is 0 Å². The normalized spacial score (nSPS) is 11.5. The van der Waals surface area contributed by atoms with Gasteiger partial charge in [0.2, 0.25) is 6.39 Å². The number of anilines is 1. The third kappa shape index (κ3) is 2.71. The number of hydrogen-bond acceptors (Lipinski definition) is 5. The van der Waals surface area contributed by atoms with Crippen molar-refractivity contribution in [3.05, 3.63) is 36.1 Å². The lowest BCUT2D eigenvalue weighted by molar-refractivity contribution is -0.137. The van der Waals surface area contributed by atoms with E-state index in [0.29, 0.717) is 0 Å². The number of hydrogen-bond donors (Lipinski definition) is 1. The van der Waals surface area contributed by atoms with Crippen LogP contribution in [0.25, 0.3) is 0 Å². The summed E-state index contributed by atoms with van der Waals surface area (Å²) in [4.78, 5) is 7.30. The summed E-state index contributed by atoms with van der Waals surface area (Å²) in [5.74, 6) is -0.00595. The zero-order valence-electron chi connectivity index (χ0n) is 8.40.